The molecule has 1 aliphatic carbocycles. The third-order valence-corrected chi connectivity index (χ3v) is 5.46. The maximum atomic E-state index is 13.2. The Morgan fingerprint density at radius 2 is 1.79 bits per heavy atom. The zero-order valence-electron chi connectivity index (χ0n) is 15.2. The number of benzene rings is 1. The van der Waals surface area contributed by atoms with Crippen LogP contribution in [0.1, 0.15) is 37.2 Å². The van der Waals surface area contributed by atoms with Crippen molar-refractivity contribution in [2.24, 2.45) is 5.92 Å². The van der Waals surface area contributed by atoms with E-state index in [1.807, 2.05) is 30.3 Å². The van der Waals surface area contributed by atoms with Crippen molar-refractivity contribution in [2.45, 2.75) is 49.9 Å². The van der Waals surface area contributed by atoms with Crippen LogP contribution in [0, 0.1) is 5.92 Å². The fourth-order valence-corrected chi connectivity index (χ4v) is 4.02. The number of hydrogen-bond acceptors (Lipinski definition) is 3. The van der Waals surface area contributed by atoms with Crippen LogP contribution in [0.4, 0.5) is 13.2 Å². The molecule has 2 aliphatic rings. The van der Waals surface area contributed by atoms with Crippen LogP contribution in [-0.2, 0) is 9.59 Å². The second kappa shape index (κ2) is 8.34. The van der Waals surface area contributed by atoms with Gasteiger partial charge in [0.1, 0.15) is 12.6 Å². The fourth-order valence-electron chi connectivity index (χ4n) is 4.02. The molecule has 1 saturated carbocycles. The first-order chi connectivity index (χ1) is 13.3. The van der Waals surface area contributed by atoms with Crippen LogP contribution in [0.3, 0.4) is 0 Å². The molecule has 2 N–H and O–H groups in total. The lowest BCUT2D eigenvalue weighted by Gasteiger charge is -2.39. The lowest BCUT2D eigenvalue weighted by Crippen LogP contribution is -2.53. The van der Waals surface area contributed by atoms with Crippen molar-refractivity contribution in [3.63, 3.8) is 0 Å². The Balaban J connectivity index is 1.74. The quantitative estimate of drug-likeness (QED) is 0.822. The molecule has 0 bridgehead atoms. The summed E-state index contributed by atoms with van der Waals surface area (Å²) in [5.74, 6) is -2.70. The molecule has 0 radical (unpaired) electrons. The van der Waals surface area contributed by atoms with Gasteiger partial charge in [-0.1, -0.05) is 36.4 Å². The van der Waals surface area contributed by atoms with Gasteiger partial charge >= 0.3 is 6.18 Å². The van der Waals surface area contributed by atoms with Crippen LogP contribution in [0.25, 0.3) is 0 Å². The van der Waals surface area contributed by atoms with Crippen molar-refractivity contribution in [3.8, 4) is 0 Å². The van der Waals surface area contributed by atoms with Crippen LogP contribution >= 0.6 is 0 Å². The summed E-state index contributed by atoms with van der Waals surface area (Å²) in [6, 6.07) is 9.22. The van der Waals surface area contributed by atoms with Gasteiger partial charge in [-0.2, -0.15) is 13.2 Å². The van der Waals surface area contributed by atoms with E-state index in [0.717, 1.165) is 10.5 Å². The number of amides is 2. The van der Waals surface area contributed by atoms with E-state index < -0.39 is 42.6 Å². The molecule has 5 nitrogen and oxygen atoms in total. The molecule has 1 aromatic carbocycles. The molecule has 0 spiro atoms. The van der Waals surface area contributed by atoms with Gasteiger partial charge in [-0.05, 0) is 37.2 Å². The van der Waals surface area contributed by atoms with Crippen molar-refractivity contribution < 1.29 is 27.9 Å². The second-order valence-corrected chi connectivity index (χ2v) is 7.34. The number of nitrogens with zero attached hydrogens (tertiary/aromatic N) is 1. The summed E-state index contributed by atoms with van der Waals surface area (Å²) in [6.07, 6.45) is -1.56. The molecular formula is C20H23F3N2O3. The van der Waals surface area contributed by atoms with Crippen LogP contribution in [0.2, 0.25) is 0 Å². The molecule has 2 atom stereocenters. The number of halogens is 3. The highest BCUT2D eigenvalue weighted by molar-refractivity contribution is 5.92. The van der Waals surface area contributed by atoms with Gasteiger partial charge in [-0.25, -0.2) is 0 Å². The molecule has 152 valence electrons. The Labute approximate surface area is 161 Å². The van der Waals surface area contributed by atoms with E-state index in [0.29, 0.717) is 25.7 Å². The monoisotopic (exact) mass is 396 g/mol. The zero-order chi connectivity index (χ0) is 20.3. The lowest BCUT2D eigenvalue weighted by molar-refractivity contribution is -0.171. The van der Waals surface area contributed by atoms with Crippen LogP contribution in [0.5, 0.6) is 0 Å². The summed E-state index contributed by atoms with van der Waals surface area (Å²) in [6.45, 7) is -1.38. The number of carbonyl (C=O) groups is 2. The van der Waals surface area contributed by atoms with E-state index in [2.05, 4.69) is 5.32 Å². The van der Waals surface area contributed by atoms with Gasteiger partial charge in [-0.15, -0.1) is 0 Å². The summed E-state index contributed by atoms with van der Waals surface area (Å²) in [4.78, 5) is 25.2. The maximum absolute atomic E-state index is 13.2. The Kier molecular flexibility index (Phi) is 6.07. The van der Waals surface area contributed by atoms with Crippen molar-refractivity contribution in [3.05, 3.63) is 48.2 Å². The molecule has 1 heterocycles. The largest absolute Gasteiger partial charge is 0.406 e. The molecule has 3 rings (SSSR count). The normalized spacial score (nSPS) is 27.9. The van der Waals surface area contributed by atoms with E-state index in [4.69, 9.17) is 0 Å². The predicted octanol–water partition coefficient (Wildman–Crippen LogP) is 2.72. The third kappa shape index (κ3) is 4.73. The number of carbonyl (C=O) groups excluding carboxylic acids is 2. The maximum Gasteiger partial charge on any atom is 0.406 e. The first kappa shape index (κ1) is 20.4. The smallest absolute Gasteiger partial charge is 0.382 e. The molecule has 28 heavy (non-hydrogen) atoms. The first-order valence-electron chi connectivity index (χ1n) is 9.33. The molecule has 1 aromatic rings. The van der Waals surface area contributed by atoms with E-state index in [9.17, 15) is 27.9 Å². The van der Waals surface area contributed by atoms with Crippen molar-refractivity contribution in [1.82, 2.24) is 10.2 Å². The molecule has 0 aromatic heterocycles. The number of hydrogen-bond donors (Lipinski definition) is 2. The Morgan fingerprint density at radius 3 is 2.39 bits per heavy atom. The topological polar surface area (TPSA) is 69.6 Å². The van der Waals surface area contributed by atoms with Gasteiger partial charge < -0.3 is 15.3 Å². The predicted molar refractivity (Wildman–Crippen MR) is 96.0 cm³/mol. The van der Waals surface area contributed by atoms with Gasteiger partial charge in [0, 0.05) is 12.2 Å². The zero-order valence-corrected chi connectivity index (χ0v) is 15.2. The number of rotatable bonds is 4. The van der Waals surface area contributed by atoms with E-state index in [1.54, 1.807) is 0 Å². The van der Waals surface area contributed by atoms with Gasteiger partial charge in [0.15, 0.2) is 0 Å². The van der Waals surface area contributed by atoms with Gasteiger partial charge in [0.2, 0.25) is 5.91 Å². The molecular weight excluding hydrogens is 373 g/mol. The lowest BCUT2D eigenvalue weighted by atomic mass is 9.81. The Morgan fingerprint density at radius 1 is 1.14 bits per heavy atom. The van der Waals surface area contributed by atoms with Gasteiger partial charge in [0.25, 0.3) is 5.91 Å². The van der Waals surface area contributed by atoms with Crippen molar-refractivity contribution in [1.29, 1.82) is 0 Å². The SMILES string of the molecule is O=C1NC=C[C@@H](C(=O)N(CC(F)(F)F)C2CCC(c3ccccc3)CC2)[C@H]1O. The second-order valence-electron chi connectivity index (χ2n) is 7.34. The van der Waals surface area contributed by atoms with Crippen LogP contribution in [-0.4, -0.2) is 46.7 Å². The Hall–Kier alpha value is -2.35. The first-order valence-corrected chi connectivity index (χ1v) is 9.33. The number of aliphatic hydroxyl groups is 1. The molecule has 0 saturated heterocycles. The van der Waals surface area contributed by atoms with Crippen molar-refractivity contribution >= 4 is 11.8 Å². The molecule has 8 heteroatoms. The summed E-state index contributed by atoms with van der Waals surface area (Å²) in [5, 5.41) is 12.2. The fraction of sp³-hybridized carbons (Fsp3) is 0.500. The number of alkyl halides is 3. The third-order valence-electron chi connectivity index (χ3n) is 5.46. The van der Waals surface area contributed by atoms with Crippen molar-refractivity contribution in [2.75, 3.05) is 6.54 Å². The highest BCUT2D eigenvalue weighted by atomic mass is 19.4. The average Bonchev–Trinajstić information content (AvgIpc) is 2.68. The molecule has 0 unspecified atom stereocenters. The van der Waals surface area contributed by atoms with Gasteiger partial charge in [-0.3, -0.25) is 9.59 Å². The minimum absolute atomic E-state index is 0.256. The molecule has 1 fully saturated rings. The highest BCUT2D eigenvalue weighted by Crippen LogP contribution is 2.36. The summed E-state index contributed by atoms with van der Waals surface area (Å²) in [5.41, 5.74) is 1.15. The Bertz CT molecular complexity index is 728. The minimum atomic E-state index is -4.56. The van der Waals surface area contributed by atoms with E-state index in [1.165, 1.54) is 12.3 Å². The van der Waals surface area contributed by atoms with Crippen LogP contribution in [0.15, 0.2) is 42.6 Å². The molecule has 2 amide bonds. The average molecular weight is 396 g/mol. The molecule has 1 aliphatic heterocycles. The number of nitrogens with one attached hydrogen (secondary N) is 1. The van der Waals surface area contributed by atoms with E-state index in [-0.39, 0.29) is 5.92 Å². The standard InChI is InChI=1S/C20H23F3N2O3/c21-20(22,23)12-25(19(28)16-10-11-24-18(27)17(16)26)15-8-6-14(7-9-15)13-4-2-1-3-5-13/h1-5,10-11,14-17,26H,6-9,12H2,(H,24,27)/t14?,15?,16-,17-/m1/s1. The summed E-state index contributed by atoms with van der Waals surface area (Å²) in [7, 11) is 0. The van der Waals surface area contributed by atoms with E-state index >= 15 is 0 Å². The van der Waals surface area contributed by atoms with Crippen LogP contribution < -0.4 is 5.32 Å². The number of aliphatic hydroxyl groups excluding tert-OH is 1. The summed E-state index contributed by atoms with van der Waals surface area (Å²) >= 11 is 0. The highest BCUT2D eigenvalue weighted by Gasteiger charge is 2.42. The summed E-state index contributed by atoms with van der Waals surface area (Å²) < 4.78 is 39.5. The van der Waals surface area contributed by atoms with Gasteiger partial charge in [0.05, 0.1) is 5.92 Å². The minimum Gasteiger partial charge on any atom is -0.382 e.